The van der Waals surface area contributed by atoms with Gasteiger partial charge in [-0.05, 0) is 38.9 Å². The number of fused-ring (bicyclic) bond motifs is 1. The van der Waals surface area contributed by atoms with Crippen LogP contribution in [0.3, 0.4) is 0 Å². The van der Waals surface area contributed by atoms with E-state index in [1.165, 1.54) is 0 Å². The molecule has 1 saturated heterocycles. The number of hydrogen-bond donors (Lipinski definition) is 2. The van der Waals surface area contributed by atoms with Gasteiger partial charge in [0.25, 0.3) is 5.91 Å². The van der Waals surface area contributed by atoms with E-state index < -0.39 is 0 Å². The van der Waals surface area contributed by atoms with Crippen LogP contribution in [0.15, 0.2) is 18.2 Å². The summed E-state index contributed by atoms with van der Waals surface area (Å²) in [6, 6.07) is 6.22. The third kappa shape index (κ3) is 2.71. The van der Waals surface area contributed by atoms with Crippen LogP contribution in [0.5, 0.6) is 0 Å². The number of aryl methyl sites for hydroxylation is 1. The molecule has 0 saturated carbocycles. The molecule has 1 amide bonds. The molecule has 0 aliphatic carbocycles. The molecule has 2 aromatic rings. The third-order valence-corrected chi connectivity index (χ3v) is 4.20. The molecule has 6 nitrogen and oxygen atoms in total. The summed E-state index contributed by atoms with van der Waals surface area (Å²) in [7, 11) is 3.60. The van der Waals surface area contributed by atoms with Crippen molar-refractivity contribution in [2.75, 3.05) is 27.2 Å². The highest BCUT2D eigenvalue weighted by Crippen LogP contribution is 2.27. The average molecular weight is 301 g/mol. The van der Waals surface area contributed by atoms with Gasteiger partial charge in [-0.3, -0.25) is 14.9 Å². The maximum Gasteiger partial charge on any atom is 0.267 e. The first-order valence-electron chi connectivity index (χ1n) is 7.75. The van der Waals surface area contributed by atoms with E-state index in [0.29, 0.717) is 11.6 Å². The number of nitrogens with zero attached hydrogens (tertiary/aromatic N) is 3. The van der Waals surface area contributed by atoms with E-state index in [2.05, 4.69) is 22.3 Å². The summed E-state index contributed by atoms with van der Waals surface area (Å²) in [5, 5.41) is 10.9. The smallest absolute Gasteiger partial charge is 0.267 e. The molecule has 22 heavy (non-hydrogen) atoms. The summed E-state index contributed by atoms with van der Waals surface area (Å²) >= 11 is 0. The van der Waals surface area contributed by atoms with Gasteiger partial charge in [0, 0.05) is 25.2 Å². The van der Waals surface area contributed by atoms with E-state index in [9.17, 15) is 4.79 Å². The van der Waals surface area contributed by atoms with E-state index in [0.717, 1.165) is 42.5 Å². The monoisotopic (exact) mass is 301 g/mol. The van der Waals surface area contributed by atoms with Crippen molar-refractivity contribution in [1.82, 2.24) is 25.5 Å². The first kappa shape index (κ1) is 15.0. The number of amides is 1. The molecule has 0 radical (unpaired) electrons. The fraction of sp³-hybridized carbons (Fsp3) is 0.500. The Morgan fingerprint density at radius 2 is 2.09 bits per heavy atom. The lowest BCUT2D eigenvalue weighted by atomic mass is 10.1. The van der Waals surface area contributed by atoms with Gasteiger partial charge >= 0.3 is 0 Å². The number of hydrogen-bond acceptors (Lipinski definition) is 4. The van der Waals surface area contributed by atoms with Gasteiger partial charge < -0.3 is 5.32 Å². The number of carbonyl (C=O) groups is 1. The van der Waals surface area contributed by atoms with Crippen LogP contribution in [0.4, 0.5) is 0 Å². The Kier molecular flexibility index (Phi) is 4.13. The molecule has 1 aliphatic heterocycles. The quantitative estimate of drug-likeness (QED) is 0.843. The molecule has 1 aliphatic rings. The largest absolute Gasteiger partial charge is 0.317 e. The van der Waals surface area contributed by atoms with Crippen LogP contribution in [0.25, 0.3) is 10.9 Å². The van der Waals surface area contributed by atoms with Crippen LogP contribution in [-0.2, 0) is 0 Å². The second kappa shape index (κ2) is 6.06. The van der Waals surface area contributed by atoms with Gasteiger partial charge in [0.2, 0.25) is 0 Å². The molecule has 1 fully saturated rings. The molecule has 2 heterocycles. The van der Waals surface area contributed by atoms with E-state index in [1.54, 1.807) is 19.1 Å². The standard InChI is InChI=1S/C16H23N5O/c1-11-13-5-4-6-14(16(22)19-20(2)3)15(13)18-21(11)12-7-9-17-10-8-12/h4-6,12,17H,7-10H2,1-3H3,(H,19,22). The van der Waals surface area contributed by atoms with Gasteiger partial charge in [-0.2, -0.15) is 5.10 Å². The number of hydrazine groups is 1. The van der Waals surface area contributed by atoms with Crippen molar-refractivity contribution in [1.29, 1.82) is 0 Å². The fourth-order valence-corrected chi connectivity index (χ4v) is 3.10. The molecule has 6 heteroatoms. The fourth-order valence-electron chi connectivity index (χ4n) is 3.10. The minimum absolute atomic E-state index is 0.120. The Balaban J connectivity index is 2.03. The number of benzene rings is 1. The Labute approximate surface area is 130 Å². The maximum absolute atomic E-state index is 12.4. The van der Waals surface area contributed by atoms with Crippen molar-refractivity contribution in [3.05, 3.63) is 29.5 Å². The van der Waals surface area contributed by atoms with Gasteiger partial charge in [-0.15, -0.1) is 0 Å². The van der Waals surface area contributed by atoms with Crippen molar-refractivity contribution < 1.29 is 4.79 Å². The molecule has 3 rings (SSSR count). The SMILES string of the molecule is Cc1c2cccc(C(=O)NN(C)C)c2nn1C1CCNCC1. The van der Waals surface area contributed by atoms with Crippen molar-refractivity contribution in [2.45, 2.75) is 25.8 Å². The molecule has 1 aromatic heterocycles. The molecular formula is C16H23N5O. The first-order valence-corrected chi connectivity index (χ1v) is 7.75. The molecule has 2 N–H and O–H groups in total. The first-order chi connectivity index (χ1) is 10.6. The lowest BCUT2D eigenvalue weighted by Gasteiger charge is -2.24. The Morgan fingerprint density at radius 1 is 1.36 bits per heavy atom. The Hall–Kier alpha value is -1.92. The van der Waals surface area contributed by atoms with E-state index in [-0.39, 0.29) is 5.91 Å². The number of rotatable bonds is 3. The highest BCUT2D eigenvalue weighted by molar-refractivity contribution is 6.05. The lowest BCUT2D eigenvalue weighted by molar-refractivity contribution is 0.0858. The Morgan fingerprint density at radius 3 is 2.77 bits per heavy atom. The molecule has 0 atom stereocenters. The van der Waals surface area contributed by atoms with Gasteiger partial charge in [-0.25, -0.2) is 5.01 Å². The van der Waals surface area contributed by atoms with Crippen LogP contribution in [-0.4, -0.2) is 47.9 Å². The van der Waals surface area contributed by atoms with Crippen molar-refractivity contribution >= 4 is 16.8 Å². The maximum atomic E-state index is 12.4. The van der Waals surface area contributed by atoms with Crippen molar-refractivity contribution in [3.63, 3.8) is 0 Å². The topological polar surface area (TPSA) is 62.2 Å². The molecule has 0 unspecified atom stereocenters. The van der Waals surface area contributed by atoms with Gasteiger partial charge in [0.05, 0.1) is 11.6 Å². The van der Waals surface area contributed by atoms with E-state index in [4.69, 9.17) is 5.10 Å². The third-order valence-electron chi connectivity index (χ3n) is 4.20. The predicted octanol–water partition coefficient (Wildman–Crippen LogP) is 1.48. The summed E-state index contributed by atoms with van der Waals surface area (Å²) in [5.74, 6) is -0.120. The second-order valence-electron chi connectivity index (χ2n) is 6.05. The predicted molar refractivity (Wildman–Crippen MR) is 86.8 cm³/mol. The highest BCUT2D eigenvalue weighted by Gasteiger charge is 2.21. The van der Waals surface area contributed by atoms with Crippen LogP contribution in [0.2, 0.25) is 0 Å². The number of aromatic nitrogens is 2. The summed E-state index contributed by atoms with van der Waals surface area (Å²) in [5.41, 5.74) is 5.35. The summed E-state index contributed by atoms with van der Waals surface area (Å²) in [6.45, 7) is 4.13. The zero-order chi connectivity index (χ0) is 15.7. The van der Waals surface area contributed by atoms with Crippen LogP contribution >= 0.6 is 0 Å². The minimum atomic E-state index is -0.120. The van der Waals surface area contributed by atoms with E-state index >= 15 is 0 Å². The van der Waals surface area contributed by atoms with E-state index in [1.807, 2.05) is 18.2 Å². The van der Waals surface area contributed by atoms with Crippen molar-refractivity contribution in [3.8, 4) is 0 Å². The Bertz CT molecular complexity index is 685. The van der Waals surface area contributed by atoms with Crippen LogP contribution in [0, 0.1) is 6.92 Å². The van der Waals surface area contributed by atoms with Gasteiger partial charge in [0.15, 0.2) is 0 Å². The highest BCUT2D eigenvalue weighted by atomic mass is 16.2. The van der Waals surface area contributed by atoms with Crippen LogP contribution in [0.1, 0.15) is 34.9 Å². The molecule has 118 valence electrons. The minimum Gasteiger partial charge on any atom is -0.317 e. The average Bonchev–Trinajstić information content (AvgIpc) is 2.85. The molecular weight excluding hydrogens is 278 g/mol. The molecule has 0 bridgehead atoms. The van der Waals surface area contributed by atoms with Crippen LogP contribution < -0.4 is 10.7 Å². The molecule has 1 aromatic carbocycles. The number of carbonyl (C=O) groups excluding carboxylic acids is 1. The zero-order valence-electron chi connectivity index (χ0n) is 13.4. The van der Waals surface area contributed by atoms with Crippen molar-refractivity contribution in [2.24, 2.45) is 0 Å². The number of piperidine rings is 1. The zero-order valence-corrected chi connectivity index (χ0v) is 13.4. The molecule has 0 spiro atoms. The van der Waals surface area contributed by atoms with Gasteiger partial charge in [-0.1, -0.05) is 12.1 Å². The summed E-state index contributed by atoms with van der Waals surface area (Å²) < 4.78 is 2.11. The van der Waals surface area contributed by atoms with Gasteiger partial charge in [0.1, 0.15) is 5.52 Å². The number of nitrogens with one attached hydrogen (secondary N) is 2. The second-order valence-corrected chi connectivity index (χ2v) is 6.05. The lowest BCUT2D eigenvalue weighted by Crippen LogP contribution is -2.36. The summed E-state index contributed by atoms with van der Waals surface area (Å²) in [4.78, 5) is 12.4. The summed E-state index contributed by atoms with van der Waals surface area (Å²) in [6.07, 6.45) is 2.15. The normalized spacial score (nSPS) is 16.4.